The van der Waals surface area contributed by atoms with Crippen molar-refractivity contribution in [3.8, 4) is 17.3 Å². The van der Waals surface area contributed by atoms with E-state index in [1.165, 1.54) is 7.11 Å². The van der Waals surface area contributed by atoms with Crippen LogP contribution in [-0.4, -0.2) is 39.8 Å². The number of aromatic amines is 1. The minimum atomic E-state index is 0.0751. The Labute approximate surface area is 139 Å². The number of nitrogens with zero attached hydrogens (tertiary/aromatic N) is 4. The SMILES string of the molecule is COc1cc(Cl)c(-c2ncc(C(N=C(C)N)=NC(C)C)[nH]2)cn1. The zero-order valence-electron chi connectivity index (χ0n) is 13.5. The van der Waals surface area contributed by atoms with Gasteiger partial charge in [0.15, 0.2) is 5.84 Å². The Kier molecular flexibility index (Phi) is 5.33. The highest BCUT2D eigenvalue weighted by Crippen LogP contribution is 2.27. The molecule has 0 atom stereocenters. The fraction of sp³-hybridized carbons (Fsp3) is 0.333. The van der Waals surface area contributed by atoms with Crippen molar-refractivity contribution in [1.29, 1.82) is 0 Å². The summed E-state index contributed by atoms with van der Waals surface area (Å²) in [7, 11) is 1.53. The number of ether oxygens (including phenoxy) is 1. The van der Waals surface area contributed by atoms with E-state index in [2.05, 4.69) is 24.9 Å². The summed E-state index contributed by atoms with van der Waals surface area (Å²) in [6, 6.07) is 1.70. The molecule has 0 aliphatic carbocycles. The summed E-state index contributed by atoms with van der Waals surface area (Å²) in [5, 5.41) is 0.485. The van der Waals surface area contributed by atoms with Crippen LogP contribution in [0.5, 0.6) is 5.88 Å². The molecule has 2 aromatic heterocycles. The lowest BCUT2D eigenvalue weighted by Crippen LogP contribution is -2.12. The standard InChI is InChI=1S/C15H19ClN6O/c1-8(2)20-15(21-9(3)17)12-7-19-14(22-12)10-6-18-13(23-4)5-11(10)16/h5-8H,1-4H3,(H,19,22)(H2,17,20,21). The van der Waals surface area contributed by atoms with Gasteiger partial charge in [-0.1, -0.05) is 11.6 Å². The van der Waals surface area contributed by atoms with E-state index in [4.69, 9.17) is 22.1 Å². The van der Waals surface area contributed by atoms with Crippen LogP contribution in [0, 0.1) is 0 Å². The Morgan fingerprint density at radius 3 is 2.65 bits per heavy atom. The molecule has 2 aromatic rings. The lowest BCUT2D eigenvalue weighted by Gasteiger charge is -2.04. The summed E-state index contributed by atoms with van der Waals surface area (Å²) in [4.78, 5) is 20.3. The van der Waals surface area contributed by atoms with Gasteiger partial charge in [-0.25, -0.2) is 15.0 Å². The second-order valence-corrected chi connectivity index (χ2v) is 5.56. The molecule has 23 heavy (non-hydrogen) atoms. The van der Waals surface area contributed by atoms with E-state index in [1.54, 1.807) is 25.4 Å². The lowest BCUT2D eigenvalue weighted by molar-refractivity contribution is 0.398. The third-order valence-corrected chi connectivity index (χ3v) is 3.08. The van der Waals surface area contributed by atoms with E-state index in [-0.39, 0.29) is 6.04 Å². The average Bonchev–Trinajstić information content (AvgIpc) is 2.95. The molecule has 0 saturated carbocycles. The molecule has 0 unspecified atom stereocenters. The normalized spacial score (nSPS) is 12.8. The van der Waals surface area contributed by atoms with Crippen LogP contribution in [-0.2, 0) is 0 Å². The third kappa shape index (κ3) is 4.29. The smallest absolute Gasteiger partial charge is 0.214 e. The van der Waals surface area contributed by atoms with Crippen LogP contribution in [0.15, 0.2) is 28.4 Å². The third-order valence-electron chi connectivity index (χ3n) is 2.77. The number of halogens is 1. The van der Waals surface area contributed by atoms with Crippen molar-refractivity contribution in [1.82, 2.24) is 15.0 Å². The number of hydrogen-bond acceptors (Lipinski definition) is 4. The number of imidazole rings is 1. The van der Waals surface area contributed by atoms with E-state index >= 15 is 0 Å². The van der Waals surface area contributed by atoms with Gasteiger partial charge in [0.1, 0.15) is 11.5 Å². The minimum Gasteiger partial charge on any atom is -0.481 e. The zero-order valence-corrected chi connectivity index (χ0v) is 14.2. The van der Waals surface area contributed by atoms with Crippen LogP contribution in [0.1, 0.15) is 26.5 Å². The molecular weight excluding hydrogens is 316 g/mol. The van der Waals surface area contributed by atoms with E-state index < -0.39 is 0 Å². The predicted octanol–water partition coefficient (Wildman–Crippen LogP) is 2.67. The molecule has 0 fully saturated rings. The fourth-order valence-electron chi connectivity index (χ4n) is 1.84. The number of pyridine rings is 1. The second-order valence-electron chi connectivity index (χ2n) is 5.15. The van der Waals surface area contributed by atoms with E-state index in [9.17, 15) is 0 Å². The number of amidine groups is 2. The summed E-state index contributed by atoms with van der Waals surface area (Å²) >= 11 is 6.24. The average molecular weight is 335 g/mol. The van der Waals surface area contributed by atoms with Crippen molar-refractivity contribution >= 4 is 23.3 Å². The number of aromatic nitrogens is 3. The molecule has 0 aromatic carbocycles. The molecule has 0 spiro atoms. The van der Waals surface area contributed by atoms with Crippen molar-refractivity contribution < 1.29 is 4.74 Å². The van der Waals surface area contributed by atoms with Crippen LogP contribution in [0.2, 0.25) is 5.02 Å². The Bertz CT molecular complexity index is 746. The summed E-state index contributed by atoms with van der Waals surface area (Å²) in [5.41, 5.74) is 6.99. The zero-order chi connectivity index (χ0) is 17.0. The maximum atomic E-state index is 6.24. The molecule has 0 bridgehead atoms. The van der Waals surface area contributed by atoms with Crippen LogP contribution < -0.4 is 10.5 Å². The Morgan fingerprint density at radius 2 is 2.09 bits per heavy atom. The van der Waals surface area contributed by atoms with E-state index in [1.807, 2.05) is 13.8 Å². The summed E-state index contributed by atoms with van der Waals surface area (Å²) in [6.07, 6.45) is 3.24. The van der Waals surface area contributed by atoms with Gasteiger partial charge in [0, 0.05) is 18.3 Å². The Hall–Kier alpha value is -2.41. The molecular formula is C15H19ClN6O. The number of H-pyrrole nitrogens is 1. The van der Waals surface area contributed by atoms with Gasteiger partial charge < -0.3 is 15.5 Å². The first-order valence-corrected chi connectivity index (χ1v) is 7.42. The quantitative estimate of drug-likeness (QED) is 0.662. The monoisotopic (exact) mass is 334 g/mol. The van der Waals surface area contributed by atoms with Gasteiger partial charge in [0.25, 0.3) is 0 Å². The van der Waals surface area contributed by atoms with Crippen molar-refractivity contribution in [2.24, 2.45) is 15.7 Å². The minimum absolute atomic E-state index is 0.0751. The topological polar surface area (TPSA) is 102 Å². The Balaban J connectivity index is 2.41. The van der Waals surface area contributed by atoms with Crippen LogP contribution >= 0.6 is 11.6 Å². The van der Waals surface area contributed by atoms with E-state index in [0.717, 1.165) is 0 Å². The van der Waals surface area contributed by atoms with Gasteiger partial charge in [-0.2, -0.15) is 0 Å². The van der Waals surface area contributed by atoms with Gasteiger partial charge >= 0.3 is 0 Å². The van der Waals surface area contributed by atoms with Crippen LogP contribution in [0.4, 0.5) is 0 Å². The van der Waals surface area contributed by atoms with Crippen molar-refractivity contribution in [3.05, 3.63) is 29.2 Å². The number of methoxy groups -OCH3 is 1. The summed E-state index contributed by atoms with van der Waals surface area (Å²) in [6.45, 7) is 5.63. The Morgan fingerprint density at radius 1 is 1.35 bits per heavy atom. The molecule has 2 rings (SSSR count). The fourth-order valence-corrected chi connectivity index (χ4v) is 2.07. The van der Waals surface area contributed by atoms with Gasteiger partial charge in [0.2, 0.25) is 5.88 Å². The maximum Gasteiger partial charge on any atom is 0.214 e. The highest BCUT2D eigenvalue weighted by molar-refractivity contribution is 6.33. The summed E-state index contributed by atoms with van der Waals surface area (Å²) < 4.78 is 5.04. The molecule has 7 nitrogen and oxygen atoms in total. The van der Waals surface area contributed by atoms with Gasteiger partial charge in [0.05, 0.1) is 29.7 Å². The van der Waals surface area contributed by atoms with Gasteiger partial charge in [-0.15, -0.1) is 0 Å². The van der Waals surface area contributed by atoms with Crippen LogP contribution in [0.25, 0.3) is 11.4 Å². The molecule has 0 saturated heterocycles. The first-order valence-electron chi connectivity index (χ1n) is 7.04. The second kappa shape index (κ2) is 7.23. The summed E-state index contributed by atoms with van der Waals surface area (Å²) in [5.74, 6) is 1.93. The number of aliphatic imine (C=N–C) groups is 2. The molecule has 0 aliphatic heterocycles. The van der Waals surface area contributed by atoms with Gasteiger partial charge in [-0.3, -0.25) is 4.99 Å². The molecule has 2 heterocycles. The number of nitrogens with one attached hydrogen (secondary N) is 1. The first kappa shape index (κ1) is 17.0. The number of hydrogen-bond donors (Lipinski definition) is 2. The highest BCUT2D eigenvalue weighted by atomic mass is 35.5. The molecule has 0 amide bonds. The molecule has 3 N–H and O–H groups in total. The maximum absolute atomic E-state index is 6.24. The molecule has 0 aliphatic rings. The lowest BCUT2D eigenvalue weighted by atomic mass is 10.2. The van der Waals surface area contributed by atoms with E-state index in [0.29, 0.717) is 39.7 Å². The highest BCUT2D eigenvalue weighted by Gasteiger charge is 2.13. The van der Waals surface area contributed by atoms with Crippen molar-refractivity contribution in [2.75, 3.05) is 7.11 Å². The predicted molar refractivity (Wildman–Crippen MR) is 92.4 cm³/mol. The van der Waals surface area contributed by atoms with Crippen LogP contribution in [0.3, 0.4) is 0 Å². The first-order chi connectivity index (χ1) is 10.9. The number of nitrogens with two attached hydrogens (primary N) is 1. The van der Waals surface area contributed by atoms with Crippen molar-refractivity contribution in [2.45, 2.75) is 26.8 Å². The van der Waals surface area contributed by atoms with Gasteiger partial charge in [-0.05, 0) is 20.8 Å². The molecule has 0 radical (unpaired) electrons. The molecule has 8 heteroatoms. The number of rotatable bonds is 4. The largest absolute Gasteiger partial charge is 0.481 e. The molecule has 122 valence electrons. The van der Waals surface area contributed by atoms with Crippen molar-refractivity contribution in [3.63, 3.8) is 0 Å².